The number of sulfonamides is 1. The van der Waals surface area contributed by atoms with Crippen LogP contribution in [-0.2, 0) is 14.8 Å². The molecule has 8 heteroatoms. The van der Waals surface area contributed by atoms with E-state index >= 15 is 0 Å². The highest BCUT2D eigenvalue weighted by Gasteiger charge is 2.29. The minimum Gasteiger partial charge on any atom is -0.486 e. The van der Waals surface area contributed by atoms with Gasteiger partial charge < -0.3 is 14.8 Å². The SMILES string of the molecule is Cc1ccc(S(=O)(=O)N(CC(=O)NC[C@@H]2COc3ccccc3O2)c2ccccc2C)cc1. The number of amides is 1. The molecule has 33 heavy (non-hydrogen) atoms. The number of carbonyl (C=O) groups is 1. The van der Waals surface area contributed by atoms with Crippen molar-refractivity contribution in [2.45, 2.75) is 24.8 Å². The number of nitrogens with zero attached hydrogens (tertiary/aromatic N) is 1. The summed E-state index contributed by atoms with van der Waals surface area (Å²) in [6.45, 7) is 3.83. The van der Waals surface area contributed by atoms with Crippen molar-refractivity contribution in [3.8, 4) is 11.5 Å². The summed E-state index contributed by atoms with van der Waals surface area (Å²) in [6, 6.07) is 21.0. The maximum atomic E-state index is 13.5. The van der Waals surface area contributed by atoms with Gasteiger partial charge in [0.2, 0.25) is 5.91 Å². The monoisotopic (exact) mass is 466 g/mol. The lowest BCUT2D eigenvalue weighted by molar-refractivity contribution is -0.120. The van der Waals surface area contributed by atoms with Gasteiger partial charge in [-0.2, -0.15) is 0 Å². The lowest BCUT2D eigenvalue weighted by Gasteiger charge is -2.28. The fourth-order valence-electron chi connectivity index (χ4n) is 3.56. The van der Waals surface area contributed by atoms with Crippen LogP contribution in [-0.4, -0.2) is 40.1 Å². The molecule has 1 amide bonds. The Hall–Kier alpha value is -3.52. The second kappa shape index (κ2) is 9.54. The van der Waals surface area contributed by atoms with Gasteiger partial charge in [0.15, 0.2) is 11.5 Å². The molecule has 0 aliphatic carbocycles. The highest BCUT2D eigenvalue weighted by Crippen LogP contribution is 2.31. The van der Waals surface area contributed by atoms with Crippen molar-refractivity contribution in [2.24, 2.45) is 0 Å². The van der Waals surface area contributed by atoms with Gasteiger partial charge in [0.05, 0.1) is 17.1 Å². The van der Waals surface area contributed by atoms with Crippen LogP contribution in [0.3, 0.4) is 0 Å². The number of ether oxygens (including phenoxy) is 2. The average molecular weight is 467 g/mol. The van der Waals surface area contributed by atoms with Crippen LogP contribution in [0.1, 0.15) is 11.1 Å². The van der Waals surface area contributed by atoms with Crippen LogP contribution in [0.25, 0.3) is 0 Å². The number of para-hydroxylation sites is 3. The number of carbonyl (C=O) groups excluding carboxylic acids is 1. The van der Waals surface area contributed by atoms with Gasteiger partial charge in [0, 0.05) is 0 Å². The van der Waals surface area contributed by atoms with Crippen LogP contribution in [0, 0.1) is 13.8 Å². The quantitative estimate of drug-likeness (QED) is 0.577. The third-order valence-electron chi connectivity index (χ3n) is 5.37. The van der Waals surface area contributed by atoms with E-state index in [2.05, 4.69) is 5.32 Å². The van der Waals surface area contributed by atoms with Crippen molar-refractivity contribution in [1.29, 1.82) is 0 Å². The molecular formula is C25H26N2O5S. The number of hydrogen-bond donors (Lipinski definition) is 1. The van der Waals surface area contributed by atoms with E-state index in [0.717, 1.165) is 15.4 Å². The molecule has 3 aromatic rings. The average Bonchev–Trinajstić information content (AvgIpc) is 2.82. The van der Waals surface area contributed by atoms with Crippen LogP contribution in [0.5, 0.6) is 11.5 Å². The summed E-state index contributed by atoms with van der Waals surface area (Å²) < 4.78 is 39.6. The first kappa shape index (κ1) is 22.7. The van der Waals surface area contributed by atoms with Crippen LogP contribution in [0.15, 0.2) is 77.7 Å². The van der Waals surface area contributed by atoms with Crippen LogP contribution < -0.4 is 19.1 Å². The van der Waals surface area contributed by atoms with Crippen LogP contribution in [0.4, 0.5) is 5.69 Å². The second-order valence-corrected chi connectivity index (χ2v) is 9.78. The summed E-state index contributed by atoms with van der Waals surface area (Å²) in [5.41, 5.74) is 2.16. The molecule has 1 aliphatic rings. The zero-order valence-corrected chi connectivity index (χ0v) is 19.3. The maximum absolute atomic E-state index is 13.5. The fraction of sp³-hybridized carbons (Fsp3) is 0.240. The Kier molecular flexibility index (Phi) is 6.55. The van der Waals surface area contributed by atoms with E-state index in [1.54, 1.807) is 42.5 Å². The summed E-state index contributed by atoms with van der Waals surface area (Å²) >= 11 is 0. The molecule has 0 unspecified atom stereocenters. The van der Waals surface area contributed by atoms with Gasteiger partial charge >= 0.3 is 0 Å². The van der Waals surface area contributed by atoms with E-state index in [9.17, 15) is 13.2 Å². The topological polar surface area (TPSA) is 84.9 Å². The number of hydrogen-bond acceptors (Lipinski definition) is 5. The molecular weight excluding hydrogens is 440 g/mol. The van der Waals surface area contributed by atoms with E-state index < -0.39 is 15.9 Å². The van der Waals surface area contributed by atoms with Crippen molar-refractivity contribution in [2.75, 3.05) is 24.0 Å². The molecule has 3 aromatic carbocycles. The highest BCUT2D eigenvalue weighted by molar-refractivity contribution is 7.92. The molecule has 0 spiro atoms. The van der Waals surface area contributed by atoms with Crippen LogP contribution >= 0.6 is 0 Å². The number of aryl methyl sites for hydroxylation is 2. The van der Waals surface area contributed by atoms with E-state index in [1.807, 2.05) is 44.2 Å². The Bertz CT molecular complexity index is 1240. The molecule has 0 radical (unpaired) electrons. The third-order valence-corrected chi connectivity index (χ3v) is 7.15. The Morgan fingerprint density at radius 2 is 1.64 bits per heavy atom. The maximum Gasteiger partial charge on any atom is 0.264 e. The predicted octanol–water partition coefficient (Wildman–Crippen LogP) is 3.45. The zero-order valence-electron chi connectivity index (χ0n) is 18.5. The summed E-state index contributed by atoms with van der Waals surface area (Å²) in [5, 5.41) is 2.79. The summed E-state index contributed by atoms with van der Waals surface area (Å²) in [4.78, 5) is 13.0. The number of nitrogens with one attached hydrogen (secondary N) is 1. The number of fused-ring (bicyclic) bond motifs is 1. The van der Waals surface area contributed by atoms with Crippen molar-refractivity contribution in [1.82, 2.24) is 5.32 Å². The van der Waals surface area contributed by atoms with Gasteiger partial charge in [-0.15, -0.1) is 0 Å². The lowest BCUT2D eigenvalue weighted by Crippen LogP contribution is -2.45. The van der Waals surface area contributed by atoms with E-state index in [0.29, 0.717) is 23.8 Å². The minimum atomic E-state index is -3.96. The summed E-state index contributed by atoms with van der Waals surface area (Å²) in [5.74, 6) is 0.845. The molecule has 4 rings (SSSR count). The summed E-state index contributed by atoms with van der Waals surface area (Å²) in [7, 11) is -3.96. The molecule has 0 fully saturated rings. The van der Waals surface area contributed by atoms with Crippen molar-refractivity contribution in [3.63, 3.8) is 0 Å². The van der Waals surface area contributed by atoms with Gasteiger partial charge in [-0.25, -0.2) is 8.42 Å². The lowest BCUT2D eigenvalue weighted by atomic mass is 10.2. The van der Waals surface area contributed by atoms with E-state index in [4.69, 9.17) is 9.47 Å². The molecule has 1 N–H and O–H groups in total. The molecule has 0 saturated heterocycles. The van der Waals surface area contributed by atoms with E-state index in [-0.39, 0.29) is 24.1 Å². The normalized spacial score (nSPS) is 15.0. The molecule has 7 nitrogen and oxygen atoms in total. The Balaban J connectivity index is 1.50. The first-order valence-corrected chi connectivity index (χ1v) is 12.1. The fourth-order valence-corrected chi connectivity index (χ4v) is 5.04. The third kappa shape index (κ3) is 5.12. The molecule has 1 aliphatic heterocycles. The van der Waals surface area contributed by atoms with Gasteiger partial charge in [-0.05, 0) is 49.7 Å². The molecule has 1 heterocycles. The molecule has 172 valence electrons. The second-order valence-electron chi connectivity index (χ2n) is 7.91. The van der Waals surface area contributed by atoms with Crippen molar-refractivity contribution < 1.29 is 22.7 Å². The Labute approximate surface area is 194 Å². The predicted molar refractivity (Wildman–Crippen MR) is 126 cm³/mol. The zero-order chi connectivity index (χ0) is 23.4. The molecule has 1 atom stereocenters. The Morgan fingerprint density at radius 3 is 2.36 bits per heavy atom. The molecule has 0 saturated carbocycles. The minimum absolute atomic E-state index is 0.129. The largest absolute Gasteiger partial charge is 0.486 e. The van der Waals surface area contributed by atoms with Gasteiger partial charge in [0.1, 0.15) is 19.3 Å². The first-order valence-electron chi connectivity index (χ1n) is 10.6. The molecule has 0 aromatic heterocycles. The first-order chi connectivity index (χ1) is 15.8. The van der Waals surface area contributed by atoms with Crippen molar-refractivity contribution >= 4 is 21.6 Å². The number of anilines is 1. The van der Waals surface area contributed by atoms with Crippen molar-refractivity contribution in [3.05, 3.63) is 83.9 Å². The van der Waals surface area contributed by atoms with Gasteiger partial charge in [-0.3, -0.25) is 9.10 Å². The highest BCUT2D eigenvalue weighted by atomic mass is 32.2. The number of rotatable bonds is 7. The van der Waals surface area contributed by atoms with E-state index in [1.165, 1.54) is 0 Å². The molecule has 0 bridgehead atoms. The van der Waals surface area contributed by atoms with Crippen LogP contribution in [0.2, 0.25) is 0 Å². The van der Waals surface area contributed by atoms with Gasteiger partial charge in [0.25, 0.3) is 10.0 Å². The smallest absolute Gasteiger partial charge is 0.264 e. The summed E-state index contributed by atoms with van der Waals surface area (Å²) in [6.07, 6.45) is -0.371. The standard InChI is InChI=1S/C25H26N2O5S/c1-18-11-13-21(14-12-18)33(29,30)27(22-8-4-3-7-19(22)2)16-25(28)26-15-20-17-31-23-9-5-6-10-24(23)32-20/h3-14,20H,15-17H2,1-2H3,(H,26,28)/t20-/m1/s1. The van der Waals surface area contributed by atoms with Gasteiger partial charge in [-0.1, -0.05) is 48.0 Å². The Morgan fingerprint density at radius 1 is 0.970 bits per heavy atom. The number of benzene rings is 3.